The van der Waals surface area contributed by atoms with Gasteiger partial charge in [0, 0.05) is 5.56 Å². The van der Waals surface area contributed by atoms with E-state index < -0.39 is 0 Å². The fraction of sp³-hybridized carbons (Fsp3) is 0.294. The minimum atomic E-state index is 0.283. The summed E-state index contributed by atoms with van der Waals surface area (Å²) in [6, 6.07) is 13.4. The predicted molar refractivity (Wildman–Crippen MR) is 78.0 cm³/mol. The molecule has 0 fully saturated rings. The van der Waals surface area contributed by atoms with Crippen LogP contribution >= 0.6 is 0 Å². The SMILES string of the molecule is CCCCc1ccc(O)c(C)c1Oc1ccccc1. The van der Waals surface area contributed by atoms with E-state index in [-0.39, 0.29) is 5.75 Å². The molecule has 0 saturated carbocycles. The summed E-state index contributed by atoms with van der Waals surface area (Å²) in [5.74, 6) is 1.87. The molecule has 0 radical (unpaired) electrons. The zero-order valence-electron chi connectivity index (χ0n) is 11.5. The molecule has 0 atom stereocenters. The van der Waals surface area contributed by atoms with Crippen molar-refractivity contribution in [2.45, 2.75) is 33.1 Å². The van der Waals surface area contributed by atoms with E-state index in [2.05, 4.69) is 6.92 Å². The number of phenols is 1. The first-order valence-corrected chi connectivity index (χ1v) is 6.76. The van der Waals surface area contributed by atoms with E-state index in [0.717, 1.165) is 41.9 Å². The first kappa shape index (κ1) is 13.5. The Morgan fingerprint density at radius 2 is 1.79 bits per heavy atom. The van der Waals surface area contributed by atoms with Crippen LogP contribution in [0.25, 0.3) is 0 Å². The molecule has 0 aromatic heterocycles. The second kappa shape index (κ2) is 6.28. The van der Waals surface area contributed by atoms with Gasteiger partial charge in [-0.15, -0.1) is 0 Å². The van der Waals surface area contributed by atoms with Crippen LogP contribution in [0.4, 0.5) is 0 Å². The maximum absolute atomic E-state index is 9.85. The molecule has 0 spiro atoms. The van der Waals surface area contributed by atoms with Gasteiger partial charge in [-0.3, -0.25) is 0 Å². The topological polar surface area (TPSA) is 29.5 Å². The Hall–Kier alpha value is -1.96. The molecule has 0 unspecified atom stereocenters. The number of aromatic hydroxyl groups is 1. The lowest BCUT2D eigenvalue weighted by molar-refractivity contribution is 0.444. The Balaban J connectivity index is 2.33. The van der Waals surface area contributed by atoms with Gasteiger partial charge in [0.05, 0.1) is 0 Å². The molecule has 1 N–H and O–H groups in total. The maximum atomic E-state index is 9.85. The average molecular weight is 256 g/mol. The Bertz CT molecular complexity index is 532. The molecule has 19 heavy (non-hydrogen) atoms. The zero-order chi connectivity index (χ0) is 13.7. The van der Waals surface area contributed by atoms with Crippen LogP contribution in [-0.2, 0) is 6.42 Å². The van der Waals surface area contributed by atoms with E-state index in [4.69, 9.17) is 4.74 Å². The molecule has 0 bridgehead atoms. The minimum Gasteiger partial charge on any atom is -0.508 e. The lowest BCUT2D eigenvalue weighted by Crippen LogP contribution is -1.95. The lowest BCUT2D eigenvalue weighted by atomic mass is 10.0. The fourth-order valence-corrected chi connectivity index (χ4v) is 2.05. The van der Waals surface area contributed by atoms with Crippen LogP contribution in [0.1, 0.15) is 30.9 Å². The van der Waals surface area contributed by atoms with E-state index in [1.165, 1.54) is 0 Å². The molecule has 0 saturated heterocycles. The predicted octanol–water partition coefficient (Wildman–Crippen LogP) is 4.84. The van der Waals surface area contributed by atoms with Crippen molar-refractivity contribution in [1.29, 1.82) is 0 Å². The lowest BCUT2D eigenvalue weighted by Gasteiger charge is -2.15. The molecule has 0 aliphatic heterocycles. The standard InChI is InChI=1S/C17H20O2/c1-3-4-8-14-11-12-16(18)13(2)17(14)19-15-9-6-5-7-10-15/h5-7,9-12,18H,3-4,8H2,1-2H3. The number of hydrogen-bond donors (Lipinski definition) is 1. The highest BCUT2D eigenvalue weighted by atomic mass is 16.5. The third kappa shape index (κ3) is 3.28. The minimum absolute atomic E-state index is 0.283. The number of unbranched alkanes of at least 4 members (excludes halogenated alkanes) is 1. The molecular formula is C17H20O2. The van der Waals surface area contributed by atoms with Crippen molar-refractivity contribution < 1.29 is 9.84 Å². The molecule has 2 rings (SSSR count). The molecule has 0 amide bonds. The number of benzene rings is 2. The summed E-state index contributed by atoms with van der Waals surface area (Å²) < 4.78 is 5.96. The number of ether oxygens (including phenoxy) is 1. The van der Waals surface area contributed by atoms with Crippen molar-refractivity contribution in [2.24, 2.45) is 0 Å². The first-order valence-electron chi connectivity index (χ1n) is 6.76. The van der Waals surface area contributed by atoms with Gasteiger partial charge in [0.15, 0.2) is 0 Å². The Morgan fingerprint density at radius 3 is 2.47 bits per heavy atom. The van der Waals surface area contributed by atoms with Crippen LogP contribution in [0.5, 0.6) is 17.2 Å². The number of para-hydroxylation sites is 1. The summed E-state index contributed by atoms with van der Waals surface area (Å²) in [5.41, 5.74) is 1.96. The van der Waals surface area contributed by atoms with Gasteiger partial charge in [-0.2, -0.15) is 0 Å². The van der Waals surface area contributed by atoms with Crippen molar-refractivity contribution in [3.8, 4) is 17.2 Å². The molecule has 2 heteroatoms. The average Bonchev–Trinajstić information content (AvgIpc) is 2.44. The number of hydrogen-bond acceptors (Lipinski definition) is 2. The fourth-order valence-electron chi connectivity index (χ4n) is 2.05. The van der Waals surface area contributed by atoms with Gasteiger partial charge in [-0.05, 0) is 43.5 Å². The Labute approximate surface area is 114 Å². The summed E-state index contributed by atoms with van der Waals surface area (Å²) in [6.45, 7) is 4.06. The van der Waals surface area contributed by atoms with E-state index in [1.54, 1.807) is 6.07 Å². The number of aryl methyl sites for hydroxylation is 1. The Kier molecular flexibility index (Phi) is 4.45. The second-order valence-electron chi connectivity index (χ2n) is 4.72. The van der Waals surface area contributed by atoms with E-state index in [0.29, 0.717) is 0 Å². The van der Waals surface area contributed by atoms with Gasteiger partial charge in [0.2, 0.25) is 0 Å². The summed E-state index contributed by atoms with van der Waals surface area (Å²) in [5, 5.41) is 9.85. The summed E-state index contributed by atoms with van der Waals surface area (Å²) in [7, 11) is 0. The highest BCUT2D eigenvalue weighted by molar-refractivity contribution is 5.50. The van der Waals surface area contributed by atoms with Crippen molar-refractivity contribution in [2.75, 3.05) is 0 Å². The Morgan fingerprint density at radius 1 is 1.05 bits per heavy atom. The highest BCUT2D eigenvalue weighted by Crippen LogP contribution is 2.35. The van der Waals surface area contributed by atoms with Gasteiger partial charge in [-0.25, -0.2) is 0 Å². The van der Waals surface area contributed by atoms with Gasteiger partial charge in [0.25, 0.3) is 0 Å². The molecule has 2 aromatic carbocycles. The van der Waals surface area contributed by atoms with E-state index >= 15 is 0 Å². The van der Waals surface area contributed by atoms with Crippen LogP contribution in [0.3, 0.4) is 0 Å². The molecule has 0 aliphatic carbocycles. The molecule has 0 aliphatic rings. The third-order valence-corrected chi connectivity index (χ3v) is 3.22. The summed E-state index contributed by atoms with van der Waals surface area (Å²) in [4.78, 5) is 0. The van der Waals surface area contributed by atoms with Crippen LogP contribution in [-0.4, -0.2) is 5.11 Å². The summed E-state index contributed by atoms with van der Waals surface area (Å²) >= 11 is 0. The second-order valence-corrected chi connectivity index (χ2v) is 4.72. The van der Waals surface area contributed by atoms with E-state index in [1.807, 2.05) is 43.3 Å². The van der Waals surface area contributed by atoms with Crippen LogP contribution < -0.4 is 4.74 Å². The van der Waals surface area contributed by atoms with Gasteiger partial charge in [0.1, 0.15) is 17.2 Å². The third-order valence-electron chi connectivity index (χ3n) is 3.22. The molecule has 2 aromatic rings. The van der Waals surface area contributed by atoms with Gasteiger partial charge in [-0.1, -0.05) is 37.6 Å². The van der Waals surface area contributed by atoms with Gasteiger partial charge >= 0.3 is 0 Å². The van der Waals surface area contributed by atoms with Crippen molar-refractivity contribution >= 4 is 0 Å². The maximum Gasteiger partial charge on any atom is 0.137 e. The van der Waals surface area contributed by atoms with Gasteiger partial charge < -0.3 is 9.84 Å². The van der Waals surface area contributed by atoms with Crippen LogP contribution in [0.2, 0.25) is 0 Å². The molecular weight excluding hydrogens is 236 g/mol. The number of phenolic OH excluding ortho intramolecular Hbond substituents is 1. The highest BCUT2D eigenvalue weighted by Gasteiger charge is 2.11. The first-order chi connectivity index (χ1) is 9.22. The molecule has 100 valence electrons. The molecule has 2 nitrogen and oxygen atoms in total. The smallest absolute Gasteiger partial charge is 0.137 e. The monoisotopic (exact) mass is 256 g/mol. The quantitative estimate of drug-likeness (QED) is 0.829. The normalized spacial score (nSPS) is 10.4. The van der Waals surface area contributed by atoms with Crippen molar-refractivity contribution in [1.82, 2.24) is 0 Å². The van der Waals surface area contributed by atoms with Crippen molar-refractivity contribution in [3.63, 3.8) is 0 Å². The van der Waals surface area contributed by atoms with E-state index in [9.17, 15) is 5.11 Å². The van der Waals surface area contributed by atoms with Crippen LogP contribution in [0, 0.1) is 6.92 Å². The molecule has 0 heterocycles. The summed E-state index contributed by atoms with van der Waals surface area (Å²) in [6.07, 6.45) is 3.24. The largest absolute Gasteiger partial charge is 0.508 e. The zero-order valence-corrected chi connectivity index (χ0v) is 11.5. The number of rotatable bonds is 5. The van der Waals surface area contributed by atoms with Crippen molar-refractivity contribution in [3.05, 3.63) is 53.6 Å². The van der Waals surface area contributed by atoms with Crippen LogP contribution in [0.15, 0.2) is 42.5 Å².